The second-order valence-corrected chi connectivity index (χ2v) is 10.1. The van der Waals surface area contributed by atoms with E-state index in [-0.39, 0.29) is 11.9 Å². The molecule has 0 amide bonds. The van der Waals surface area contributed by atoms with Crippen LogP contribution in [0.3, 0.4) is 0 Å². The molecule has 0 heterocycles. The summed E-state index contributed by atoms with van der Waals surface area (Å²) in [7, 11) is 0. The number of carbonyl (C=O) groups excluding carboxylic acids is 4. The van der Waals surface area contributed by atoms with E-state index in [0.29, 0.717) is 44.0 Å². The van der Waals surface area contributed by atoms with Crippen molar-refractivity contribution < 1.29 is 38.1 Å². The van der Waals surface area contributed by atoms with Gasteiger partial charge < -0.3 is 18.9 Å². The third-order valence-corrected chi connectivity index (χ3v) is 6.78. The third kappa shape index (κ3) is 20.0. The number of hydrogen-bond donors (Lipinski definition) is 0. The molecule has 0 radical (unpaired) electrons. The second-order valence-electron chi connectivity index (χ2n) is 10.1. The maximum absolute atomic E-state index is 12.0. The molecule has 0 N–H and O–H groups in total. The predicted octanol–water partition coefficient (Wildman–Crippen LogP) is 7.58. The zero-order valence-electron chi connectivity index (χ0n) is 26.4. The number of esters is 4. The van der Waals surface area contributed by atoms with Crippen molar-refractivity contribution in [2.24, 2.45) is 5.92 Å². The lowest BCUT2D eigenvalue weighted by molar-refractivity contribution is -0.141. The Kier molecular flexibility index (Phi) is 24.6. The summed E-state index contributed by atoms with van der Waals surface area (Å²) in [5.74, 6) is -1.56. The molecule has 1 aliphatic carbocycles. The maximum Gasteiger partial charge on any atom is 0.334 e. The molecule has 0 spiro atoms. The van der Waals surface area contributed by atoms with Crippen LogP contribution in [0.5, 0.6) is 0 Å². The molecule has 8 heteroatoms. The molecule has 236 valence electrons. The summed E-state index contributed by atoms with van der Waals surface area (Å²) in [4.78, 5) is 46.9. The summed E-state index contributed by atoms with van der Waals surface area (Å²) in [6, 6.07) is 0. The van der Waals surface area contributed by atoms with Crippen LogP contribution >= 0.6 is 0 Å². The molecule has 8 nitrogen and oxygen atoms in total. The lowest BCUT2D eigenvalue weighted by atomic mass is 9.91. The normalized spacial score (nSPS) is 14.3. The van der Waals surface area contributed by atoms with Crippen LogP contribution in [-0.2, 0) is 38.1 Å². The summed E-state index contributed by atoms with van der Waals surface area (Å²) in [5, 5.41) is 0. The molecule has 1 saturated carbocycles. The van der Waals surface area contributed by atoms with E-state index in [0.717, 1.165) is 38.5 Å². The van der Waals surface area contributed by atoms with Gasteiger partial charge in [0, 0.05) is 23.3 Å². The van der Waals surface area contributed by atoms with Crippen LogP contribution in [0, 0.1) is 5.92 Å². The van der Waals surface area contributed by atoms with Crippen molar-refractivity contribution in [3.05, 3.63) is 23.3 Å². The lowest BCUT2D eigenvalue weighted by Gasteiger charge is -2.16. The Morgan fingerprint density at radius 3 is 1.54 bits per heavy atom. The van der Waals surface area contributed by atoms with E-state index in [2.05, 4.69) is 6.92 Å². The minimum absolute atomic E-state index is 0.131. The average molecular weight is 581 g/mol. The van der Waals surface area contributed by atoms with E-state index < -0.39 is 17.9 Å². The van der Waals surface area contributed by atoms with E-state index in [4.69, 9.17) is 18.9 Å². The molecule has 0 aromatic heterocycles. The third-order valence-electron chi connectivity index (χ3n) is 6.78. The number of ether oxygens (including phenoxy) is 4. The van der Waals surface area contributed by atoms with Gasteiger partial charge in [-0.3, -0.25) is 0 Å². The van der Waals surface area contributed by atoms with Gasteiger partial charge in [0.2, 0.25) is 0 Å². The van der Waals surface area contributed by atoms with E-state index in [9.17, 15) is 19.2 Å². The average Bonchev–Trinajstić information content (AvgIpc) is 3.23. The van der Waals surface area contributed by atoms with Gasteiger partial charge in [0.05, 0.1) is 26.4 Å². The van der Waals surface area contributed by atoms with Crippen molar-refractivity contribution in [3.8, 4) is 0 Å². The van der Waals surface area contributed by atoms with E-state index in [1.807, 2.05) is 0 Å². The van der Waals surface area contributed by atoms with E-state index >= 15 is 0 Å². The topological polar surface area (TPSA) is 105 Å². The molecular formula is C33H56O8. The van der Waals surface area contributed by atoms with Gasteiger partial charge in [0.15, 0.2) is 0 Å². The molecule has 41 heavy (non-hydrogen) atoms. The fraction of sp³-hybridized carbons (Fsp3) is 0.758. The Hall–Kier alpha value is -2.64. The summed E-state index contributed by atoms with van der Waals surface area (Å²) >= 11 is 0. The van der Waals surface area contributed by atoms with Gasteiger partial charge in [-0.2, -0.15) is 0 Å². The molecule has 1 fully saturated rings. The van der Waals surface area contributed by atoms with Crippen LogP contribution in [0.15, 0.2) is 23.3 Å². The smallest absolute Gasteiger partial charge is 0.334 e. The van der Waals surface area contributed by atoms with Gasteiger partial charge in [0.1, 0.15) is 0 Å². The first-order valence-corrected chi connectivity index (χ1v) is 15.9. The van der Waals surface area contributed by atoms with E-state index in [1.54, 1.807) is 27.7 Å². The Labute approximate surface area is 248 Å². The predicted molar refractivity (Wildman–Crippen MR) is 161 cm³/mol. The van der Waals surface area contributed by atoms with Crippen molar-refractivity contribution in [1.82, 2.24) is 0 Å². The van der Waals surface area contributed by atoms with Gasteiger partial charge in [0.25, 0.3) is 0 Å². The Bertz CT molecular complexity index is 791. The Morgan fingerprint density at radius 2 is 1.02 bits per heavy atom. The quantitative estimate of drug-likeness (QED) is 0.0537. The fourth-order valence-corrected chi connectivity index (χ4v) is 4.69. The first-order chi connectivity index (χ1) is 19.8. The molecule has 0 bridgehead atoms. The molecule has 1 aliphatic rings. The summed E-state index contributed by atoms with van der Waals surface area (Å²) < 4.78 is 19.8. The van der Waals surface area contributed by atoms with Crippen LogP contribution in [0.4, 0.5) is 0 Å². The van der Waals surface area contributed by atoms with Gasteiger partial charge in [-0.25, -0.2) is 19.2 Å². The highest BCUT2D eigenvalue weighted by atomic mass is 16.5. The molecule has 0 atom stereocenters. The molecule has 0 aromatic carbocycles. The SMILES string of the molecule is CCCCCCCCCC/C(=C/C(=O)OCC)C(=O)OCC.CCOC(=O)/C=C(\C(=O)OCC)C1CCCCCC1. The van der Waals surface area contributed by atoms with Gasteiger partial charge in [-0.1, -0.05) is 77.6 Å². The first-order valence-electron chi connectivity index (χ1n) is 15.9. The lowest BCUT2D eigenvalue weighted by Crippen LogP contribution is -2.18. The first kappa shape index (κ1) is 38.4. The van der Waals surface area contributed by atoms with Crippen molar-refractivity contribution in [3.63, 3.8) is 0 Å². The molecule has 1 rings (SSSR count). The molecular weight excluding hydrogens is 524 g/mol. The zero-order valence-corrected chi connectivity index (χ0v) is 26.4. The number of unbranched alkanes of at least 4 members (excludes halogenated alkanes) is 7. The largest absolute Gasteiger partial charge is 0.463 e. The zero-order chi connectivity index (χ0) is 30.7. The number of hydrogen-bond acceptors (Lipinski definition) is 8. The Morgan fingerprint density at radius 1 is 0.561 bits per heavy atom. The van der Waals surface area contributed by atoms with Crippen LogP contribution in [0.2, 0.25) is 0 Å². The van der Waals surface area contributed by atoms with Crippen LogP contribution in [-0.4, -0.2) is 50.3 Å². The molecule has 0 unspecified atom stereocenters. The van der Waals surface area contributed by atoms with Crippen molar-refractivity contribution in [2.75, 3.05) is 26.4 Å². The second kappa shape index (κ2) is 26.3. The Balaban J connectivity index is 0.000000788. The highest BCUT2D eigenvalue weighted by molar-refractivity contribution is 5.97. The van der Waals surface area contributed by atoms with Crippen LogP contribution < -0.4 is 0 Å². The highest BCUT2D eigenvalue weighted by Gasteiger charge is 2.24. The van der Waals surface area contributed by atoms with Crippen molar-refractivity contribution in [2.45, 2.75) is 131 Å². The summed E-state index contributed by atoms with van der Waals surface area (Å²) in [6.45, 7) is 10.5. The standard InChI is InChI=1S/C18H32O4.C15H24O4/c1-4-7-8-9-10-11-12-13-14-16(18(20)22-6-3)15-17(19)21-5-2;1-3-18-14(16)11-13(15(17)19-4-2)12-9-7-5-6-8-10-12/h15H,4-14H2,1-3H3;11-12H,3-10H2,1-2H3/b16-15-;13-11-. The minimum atomic E-state index is -0.467. The van der Waals surface area contributed by atoms with Gasteiger partial charge >= 0.3 is 23.9 Å². The maximum atomic E-state index is 12.0. The summed E-state index contributed by atoms with van der Waals surface area (Å²) in [5.41, 5.74) is 0.911. The number of carbonyl (C=O) groups is 4. The number of rotatable bonds is 18. The molecule has 0 saturated heterocycles. The monoisotopic (exact) mass is 580 g/mol. The summed E-state index contributed by atoms with van der Waals surface area (Å²) in [6.07, 6.45) is 19.3. The molecule has 0 aliphatic heterocycles. The minimum Gasteiger partial charge on any atom is -0.463 e. The fourth-order valence-electron chi connectivity index (χ4n) is 4.69. The van der Waals surface area contributed by atoms with Crippen molar-refractivity contribution in [1.29, 1.82) is 0 Å². The van der Waals surface area contributed by atoms with E-state index in [1.165, 1.54) is 63.5 Å². The highest BCUT2D eigenvalue weighted by Crippen LogP contribution is 2.29. The van der Waals surface area contributed by atoms with Gasteiger partial charge in [-0.15, -0.1) is 0 Å². The van der Waals surface area contributed by atoms with Crippen LogP contribution in [0.1, 0.15) is 131 Å². The van der Waals surface area contributed by atoms with Crippen molar-refractivity contribution >= 4 is 23.9 Å². The van der Waals surface area contributed by atoms with Crippen LogP contribution in [0.25, 0.3) is 0 Å². The van der Waals surface area contributed by atoms with Gasteiger partial charge in [-0.05, 0) is 59.3 Å². The molecule has 0 aromatic rings.